The first-order valence-electron chi connectivity index (χ1n) is 8.14. The molecule has 1 aromatic carbocycles. The molecule has 0 amide bonds. The predicted molar refractivity (Wildman–Crippen MR) is 103 cm³/mol. The maximum Gasteiger partial charge on any atom is 0.212 e. The number of ether oxygens (including phenoxy) is 1. The molecular formula is C18H19ClN4O2S. The second kappa shape index (κ2) is 8.42. The second-order valence-corrected chi connectivity index (χ2v) is 7.11. The summed E-state index contributed by atoms with van der Waals surface area (Å²) in [4.78, 5) is 0. The molecule has 2 heterocycles. The van der Waals surface area contributed by atoms with E-state index in [1.807, 2.05) is 44.2 Å². The van der Waals surface area contributed by atoms with Gasteiger partial charge in [-0.2, -0.15) is 9.78 Å². The molecule has 0 aliphatic heterocycles. The van der Waals surface area contributed by atoms with Gasteiger partial charge in [-0.15, -0.1) is 10.2 Å². The molecule has 6 nitrogen and oxygen atoms in total. The standard InChI is InChI=1S/C18H19ClN4O2S/c1-4-26-18-22-21-13(3)23(18)20-10-14-8-9-15(25-14)11-24-17-7-5-6-16(19)12(17)2/h5-10H,4,11H2,1-3H3. The van der Waals surface area contributed by atoms with E-state index in [0.29, 0.717) is 23.2 Å². The minimum absolute atomic E-state index is 0.317. The lowest BCUT2D eigenvalue weighted by atomic mass is 10.2. The normalized spacial score (nSPS) is 11.4. The third kappa shape index (κ3) is 4.28. The molecular weight excluding hydrogens is 372 g/mol. The van der Waals surface area contributed by atoms with Gasteiger partial charge in [0, 0.05) is 10.6 Å². The average Bonchev–Trinajstić information content (AvgIpc) is 3.22. The lowest BCUT2D eigenvalue weighted by Crippen LogP contribution is -1.96. The summed E-state index contributed by atoms with van der Waals surface area (Å²) in [7, 11) is 0. The van der Waals surface area contributed by atoms with Crippen LogP contribution in [-0.4, -0.2) is 26.8 Å². The van der Waals surface area contributed by atoms with Gasteiger partial charge >= 0.3 is 0 Å². The van der Waals surface area contributed by atoms with Crippen LogP contribution in [0.1, 0.15) is 29.8 Å². The Morgan fingerprint density at radius 3 is 2.92 bits per heavy atom. The number of halogens is 1. The van der Waals surface area contributed by atoms with E-state index in [2.05, 4.69) is 22.2 Å². The highest BCUT2D eigenvalue weighted by Gasteiger charge is 2.08. The summed E-state index contributed by atoms with van der Waals surface area (Å²) in [5, 5.41) is 14.0. The van der Waals surface area contributed by atoms with Crippen molar-refractivity contribution in [3.05, 3.63) is 58.3 Å². The topological polar surface area (TPSA) is 65.4 Å². The summed E-state index contributed by atoms with van der Waals surface area (Å²) in [6.45, 7) is 6.16. The van der Waals surface area contributed by atoms with Gasteiger partial charge in [-0.3, -0.25) is 0 Å². The Balaban J connectivity index is 1.67. The summed E-state index contributed by atoms with van der Waals surface area (Å²) >= 11 is 7.69. The third-order valence-corrected chi connectivity index (χ3v) is 4.82. The van der Waals surface area contributed by atoms with E-state index in [0.717, 1.165) is 28.0 Å². The SMILES string of the molecule is CCSc1nnc(C)n1N=Cc1ccc(COc2cccc(Cl)c2C)o1. The van der Waals surface area contributed by atoms with Crippen LogP contribution < -0.4 is 4.74 Å². The monoisotopic (exact) mass is 390 g/mol. The molecule has 0 saturated heterocycles. The molecule has 0 aliphatic carbocycles. The molecule has 3 rings (SSSR count). The number of thioether (sulfide) groups is 1. The van der Waals surface area contributed by atoms with Crippen LogP contribution in [0.3, 0.4) is 0 Å². The van der Waals surface area contributed by atoms with Gasteiger partial charge in [0.05, 0.1) is 6.21 Å². The zero-order valence-electron chi connectivity index (χ0n) is 14.8. The smallest absolute Gasteiger partial charge is 0.212 e. The summed E-state index contributed by atoms with van der Waals surface area (Å²) in [5.41, 5.74) is 0.909. The van der Waals surface area contributed by atoms with E-state index in [-0.39, 0.29) is 0 Å². The number of benzene rings is 1. The molecule has 2 aromatic heterocycles. The highest BCUT2D eigenvalue weighted by molar-refractivity contribution is 7.99. The highest BCUT2D eigenvalue weighted by atomic mass is 35.5. The van der Waals surface area contributed by atoms with Crippen molar-refractivity contribution >= 4 is 29.6 Å². The van der Waals surface area contributed by atoms with Gasteiger partial charge in [-0.1, -0.05) is 36.4 Å². The minimum atomic E-state index is 0.317. The van der Waals surface area contributed by atoms with Gasteiger partial charge in [0.1, 0.15) is 23.9 Å². The molecule has 0 saturated carbocycles. The average molecular weight is 391 g/mol. The quantitative estimate of drug-likeness (QED) is 0.431. The summed E-state index contributed by atoms with van der Waals surface area (Å²) < 4.78 is 13.2. The Labute approximate surface area is 161 Å². The maximum atomic E-state index is 6.10. The van der Waals surface area contributed by atoms with E-state index >= 15 is 0 Å². The van der Waals surface area contributed by atoms with Crippen LogP contribution in [0.2, 0.25) is 5.02 Å². The second-order valence-electron chi connectivity index (χ2n) is 5.47. The molecule has 136 valence electrons. The summed E-state index contributed by atoms with van der Waals surface area (Å²) in [6, 6.07) is 9.29. The number of aryl methyl sites for hydroxylation is 1. The molecule has 0 unspecified atom stereocenters. The van der Waals surface area contributed by atoms with Crippen molar-refractivity contribution in [3.63, 3.8) is 0 Å². The number of hydrogen-bond acceptors (Lipinski definition) is 6. The number of aromatic nitrogens is 3. The van der Waals surface area contributed by atoms with Crippen LogP contribution in [0.15, 0.2) is 45.0 Å². The predicted octanol–water partition coefficient (Wildman–Crippen LogP) is 4.71. The molecule has 0 radical (unpaired) electrons. The Hall–Kier alpha value is -2.25. The van der Waals surface area contributed by atoms with Crippen LogP contribution in [0.25, 0.3) is 0 Å². The first-order valence-corrected chi connectivity index (χ1v) is 9.50. The molecule has 26 heavy (non-hydrogen) atoms. The molecule has 0 bridgehead atoms. The first-order chi connectivity index (χ1) is 12.6. The minimum Gasteiger partial charge on any atom is -0.485 e. The zero-order chi connectivity index (χ0) is 18.5. The van der Waals surface area contributed by atoms with E-state index in [1.165, 1.54) is 0 Å². The van der Waals surface area contributed by atoms with Crippen LogP contribution in [0.5, 0.6) is 5.75 Å². The van der Waals surface area contributed by atoms with Crippen LogP contribution in [0.4, 0.5) is 0 Å². The van der Waals surface area contributed by atoms with E-state index in [1.54, 1.807) is 22.7 Å². The first kappa shape index (κ1) is 18.5. The molecule has 0 spiro atoms. The van der Waals surface area contributed by atoms with Crippen molar-refractivity contribution in [1.82, 2.24) is 14.9 Å². The number of hydrogen-bond donors (Lipinski definition) is 0. The van der Waals surface area contributed by atoms with E-state index < -0.39 is 0 Å². The summed E-state index contributed by atoms with van der Waals surface area (Å²) in [5.74, 6) is 3.70. The largest absolute Gasteiger partial charge is 0.485 e. The Morgan fingerprint density at radius 1 is 1.27 bits per heavy atom. The van der Waals surface area contributed by atoms with Gasteiger partial charge < -0.3 is 9.15 Å². The van der Waals surface area contributed by atoms with Crippen molar-refractivity contribution < 1.29 is 9.15 Å². The fraction of sp³-hybridized carbons (Fsp3) is 0.278. The van der Waals surface area contributed by atoms with Gasteiger partial charge in [0.2, 0.25) is 5.16 Å². The van der Waals surface area contributed by atoms with Crippen molar-refractivity contribution in [2.75, 3.05) is 5.75 Å². The molecule has 0 fully saturated rings. The Bertz CT molecular complexity index is 920. The van der Waals surface area contributed by atoms with Gasteiger partial charge in [0.15, 0.2) is 5.82 Å². The van der Waals surface area contributed by atoms with Crippen molar-refractivity contribution in [2.45, 2.75) is 32.5 Å². The van der Waals surface area contributed by atoms with E-state index in [9.17, 15) is 0 Å². The molecule has 8 heteroatoms. The van der Waals surface area contributed by atoms with Crippen molar-refractivity contribution in [3.8, 4) is 5.75 Å². The fourth-order valence-electron chi connectivity index (χ4n) is 2.24. The van der Waals surface area contributed by atoms with Crippen LogP contribution in [0, 0.1) is 13.8 Å². The summed E-state index contributed by atoms with van der Waals surface area (Å²) in [6.07, 6.45) is 1.64. The lowest BCUT2D eigenvalue weighted by molar-refractivity contribution is 0.268. The Kier molecular flexibility index (Phi) is 6.00. The molecule has 0 aliphatic rings. The molecule has 0 atom stereocenters. The van der Waals surface area contributed by atoms with Gasteiger partial charge in [-0.05, 0) is 43.9 Å². The van der Waals surface area contributed by atoms with E-state index in [4.69, 9.17) is 20.8 Å². The highest BCUT2D eigenvalue weighted by Crippen LogP contribution is 2.26. The fourth-order valence-corrected chi connectivity index (χ4v) is 3.06. The number of nitrogens with zero attached hydrogens (tertiary/aromatic N) is 4. The van der Waals surface area contributed by atoms with Crippen molar-refractivity contribution in [1.29, 1.82) is 0 Å². The van der Waals surface area contributed by atoms with Gasteiger partial charge in [0.25, 0.3) is 0 Å². The zero-order valence-corrected chi connectivity index (χ0v) is 16.3. The van der Waals surface area contributed by atoms with Gasteiger partial charge in [-0.25, -0.2) is 0 Å². The van der Waals surface area contributed by atoms with Crippen LogP contribution in [-0.2, 0) is 6.61 Å². The van der Waals surface area contributed by atoms with Crippen LogP contribution >= 0.6 is 23.4 Å². The van der Waals surface area contributed by atoms with Crippen molar-refractivity contribution in [2.24, 2.45) is 5.10 Å². The molecule has 0 N–H and O–H groups in total. The molecule has 3 aromatic rings. The third-order valence-electron chi connectivity index (χ3n) is 3.61. The maximum absolute atomic E-state index is 6.10. The number of furan rings is 1. The number of rotatable bonds is 7. The Morgan fingerprint density at radius 2 is 2.12 bits per heavy atom. The lowest BCUT2D eigenvalue weighted by Gasteiger charge is -2.08.